The summed E-state index contributed by atoms with van der Waals surface area (Å²) in [7, 11) is 0. The van der Waals surface area contributed by atoms with Gasteiger partial charge in [0.2, 0.25) is 4.77 Å². The number of nitrogens with zero attached hydrogens (tertiary/aromatic N) is 3. The lowest BCUT2D eigenvalue weighted by molar-refractivity contribution is 0.474. The Kier molecular flexibility index (Phi) is 4.71. The van der Waals surface area contributed by atoms with Crippen molar-refractivity contribution in [1.29, 1.82) is 0 Å². The molecule has 1 aromatic heterocycles. The second kappa shape index (κ2) is 6.76. The fraction of sp³-hybridized carbons (Fsp3) is 0.0625. The van der Waals surface area contributed by atoms with Gasteiger partial charge in [-0.25, -0.2) is 5.10 Å². The number of H-pyrrole nitrogens is 1. The van der Waals surface area contributed by atoms with Crippen LogP contribution >= 0.6 is 35.4 Å². The number of aryl methyl sites for hydroxylation is 1. The summed E-state index contributed by atoms with van der Waals surface area (Å²) < 4.78 is 1.81. The second-order valence-electron chi connectivity index (χ2n) is 5.05. The molecule has 0 radical (unpaired) electrons. The van der Waals surface area contributed by atoms with Crippen LogP contribution in [0.1, 0.15) is 11.1 Å². The zero-order valence-corrected chi connectivity index (χ0v) is 14.8. The summed E-state index contributed by atoms with van der Waals surface area (Å²) in [5.41, 5.74) is 2.32. The minimum Gasteiger partial charge on any atom is -0.506 e. The molecule has 24 heavy (non-hydrogen) atoms. The normalized spacial score (nSPS) is 11.3. The van der Waals surface area contributed by atoms with E-state index in [1.165, 1.54) is 17.0 Å². The first-order valence-electron chi connectivity index (χ1n) is 6.93. The van der Waals surface area contributed by atoms with Gasteiger partial charge in [0.25, 0.3) is 0 Å². The third-order valence-corrected chi connectivity index (χ3v) is 4.18. The molecule has 0 saturated carbocycles. The van der Waals surface area contributed by atoms with Gasteiger partial charge in [-0.2, -0.15) is 14.9 Å². The largest absolute Gasteiger partial charge is 0.506 e. The van der Waals surface area contributed by atoms with E-state index in [0.29, 0.717) is 21.2 Å². The van der Waals surface area contributed by atoms with Crippen molar-refractivity contribution < 1.29 is 5.11 Å². The van der Waals surface area contributed by atoms with Crippen LogP contribution in [0.3, 0.4) is 0 Å². The highest BCUT2D eigenvalue weighted by Gasteiger charge is 2.11. The van der Waals surface area contributed by atoms with E-state index in [1.807, 2.05) is 31.2 Å². The van der Waals surface area contributed by atoms with Gasteiger partial charge >= 0.3 is 0 Å². The van der Waals surface area contributed by atoms with Gasteiger partial charge in [-0.3, -0.25) is 0 Å². The maximum Gasteiger partial charge on any atom is 0.216 e. The van der Waals surface area contributed by atoms with Crippen LogP contribution in [0.2, 0.25) is 10.0 Å². The maximum absolute atomic E-state index is 10.0. The highest BCUT2D eigenvalue weighted by molar-refractivity contribution is 7.71. The Balaban J connectivity index is 2.08. The summed E-state index contributed by atoms with van der Waals surface area (Å²) >= 11 is 17.1. The summed E-state index contributed by atoms with van der Waals surface area (Å²) in [4.78, 5) is 0. The number of hydrogen-bond acceptors (Lipinski definition) is 4. The van der Waals surface area contributed by atoms with E-state index in [9.17, 15) is 5.11 Å². The number of aromatic amines is 1. The van der Waals surface area contributed by atoms with Crippen LogP contribution in [0.5, 0.6) is 5.75 Å². The van der Waals surface area contributed by atoms with E-state index in [1.54, 1.807) is 6.07 Å². The Morgan fingerprint density at radius 2 is 2.04 bits per heavy atom. The molecule has 0 aliphatic rings. The predicted octanol–water partition coefficient (Wildman–Crippen LogP) is 4.81. The van der Waals surface area contributed by atoms with Gasteiger partial charge in [0.15, 0.2) is 5.82 Å². The Bertz CT molecular complexity index is 994. The zero-order valence-electron chi connectivity index (χ0n) is 12.5. The fourth-order valence-electron chi connectivity index (χ4n) is 2.20. The van der Waals surface area contributed by atoms with Crippen LogP contribution in [0.15, 0.2) is 41.5 Å². The van der Waals surface area contributed by atoms with Gasteiger partial charge < -0.3 is 5.11 Å². The molecule has 0 bridgehead atoms. The highest BCUT2D eigenvalue weighted by Crippen LogP contribution is 2.30. The van der Waals surface area contributed by atoms with Crippen molar-refractivity contribution in [2.45, 2.75) is 6.92 Å². The number of aromatic hydroxyl groups is 1. The first-order valence-corrected chi connectivity index (χ1v) is 8.09. The third kappa shape index (κ3) is 3.21. The lowest BCUT2D eigenvalue weighted by atomic mass is 10.1. The van der Waals surface area contributed by atoms with Gasteiger partial charge in [0.05, 0.1) is 11.2 Å². The van der Waals surface area contributed by atoms with Crippen molar-refractivity contribution in [3.8, 4) is 17.1 Å². The van der Waals surface area contributed by atoms with E-state index in [4.69, 9.17) is 35.4 Å². The number of phenolic OH excluding ortho intramolecular Hbond substituents is 1. The van der Waals surface area contributed by atoms with E-state index < -0.39 is 0 Å². The first kappa shape index (κ1) is 16.7. The Labute approximate surface area is 153 Å². The zero-order chi connectivity index (χ0) is 17.3. The Morgan fingerprint density at radius 1 is 1.29 bits per heavy atom. The fourth-order valence-corrected chi connectivity index (χ4v) is 2.89. The van der Waals surface area contributed by atoms with Gasteiger partial charge in [-0.05, 0) is 36.8 Å². The lowest BCUT2D eigenvalue weighted by Crippen LogP contribution is -1.96. The van der Waals surface area contributed by atoms with E-state index >= 15 is 0 Å². The Hall–Kier alpha value is -2.15. The molecule has 1 heterocycles. The Morgan fingerprint density at radius 3 is 2.79 bits per heavy atom. The quantitative estimate of drug-likeness (QED) is 0.507. The van der Waals surface area contributed by atoms with Crippen molar-refractivity contribution in [2.75, 3.05) is 0 Å². The van der Waals surface area contributed by atoms with E-state index in [0.717, 1.165) is 11.1 Å². The van der Waals surface area contributed by atoms with Crippen LogP contribution in [-0.4, -0.2) is 26.2 Å². The molecule has 0 atom stereocenters. The molecule has 122 valence electrons. The van der Waals surface area contributed by atoms with Crippen molar-refractivity contribution in [3.05, 3.63) is 62.3 Å². The highest BCUT2D eigenvalue weighted by atomic mass is 35.5. The summed E-state index contributed by atoms with van der Waals surface area (Å²) in [5, 5.41) is 21.8. The number of nitrogens with one attached hydrogen (secondary N) is 1. The first-order chi connectivity index (χ1) is 11.5. The standard InChI is InChI=1S/C16H12Cl2N4OS/c1-9-4-2-3-5-12(9)15-20-21-16(24)22(15)19-8-10-6-11(17)7-13(18)14(10)23/h2-8,23H,1H3,(H,21,24)/b19-8+. The van der Waals surface area contributed by atoms with E-state index in [-0.39, 0.29) is 10.8 Å². The molecule has 2 N–H and O–H groups in total. The average Bonchev–Trinajstić information content (AvgIpc) is 2.90. The molecule has 5 nitrogen and oxygen atoms in total. The number of benzene rings is 2. The molecular weight excluding hydrogens is 367 g/mol. The maximum atomic E-state index is 10.0. The molecule has 0 aliphatic carbocycles. The van der Waals surface area contributed by atoms with Gasteiger partial charge in [-0.1, -0.05) is 47.5 Å². The van der Waals surface area contributed by atoms with Crippen LogP contribution in [0.4, 0.5) is 0 Å². The number of phenols is 1. The molecule has 2 aromatic carbocycles. The molecule has 3 rings (SSSR count). The molecular formula is C16H12Cl2N4OS. The lowest BCUT2D eigenvalue weighted by Gasteiger charge is -2.05. The molecule has 0 fully saturated rings. The molecule has 3 aromatic rings. The van der Waals surface area contributed by atoms with Crippen molar-refractivity contribution in [2.24, 2.45) is 5.10 Å². The third-order valence-electron chi connectivity index (χ3n) is 3.41. The second-order valence-corrected chi connectivity index (χ2v) is 6.28. The number of hydrogen-bond donors (Lipinski definition) is 2. The monoisotopic (exact) mass is 378 g/mol. The molecule has 0 unspecified atom stereocenters. The van der Waals surface area contributed by atoms with Gasteiger partial charge in [0, 0.05) is 16.1 Å². The minimum atomic E-state index is -0.0997. The van der Waals surface area contributed by atoms with Gasteiger partial charge in [-0.15, -0.1) is 0 Å². The summed E-state index contributed by atoms with van der Waals surface area (Å²) in [5.74, 6) is 0.472. The average molecular weight is 379 g/mol. The summed E-state index contributed by atoms with van der Waals surface area (Å²) in [6, 6.07) is 10.8. The molecule has 0 amide bonds. The molecule has 0 aliphatic heterocycles. The summed E-state index contributed by atoms with van der Waals surface area (Å²) in [6.45, 7) is 1.98. The van der Waals surface area contributed by atoms with Crippen LogP contribution in [0.25, 0.3) is 11.4 Å². The van der Waals surface area contributed by atoms with Gasteiger partial charge in [0.1, 0.15) is 5.75 Å². The van der Waals surface area contributed by atoms with Crippen molar-refractivity contribution in [1.82, 2.24) is 14.9 Å². The summed E-state index contributed by atoms with van der Waals surface area (Å²) in [6.07, 6.45) is 1.43. The molecule has 8 heteroatoms. The van der Waals surface area contributed by atoms with Crippen molar-refractivity contribution in [3.63, 3.8) is 0 Å². The van der Waals surface area contributed by atoms with Crippen molar-refractivity contribution >= 4 is 41.6 Å². The van der Waals surface area contributed by atoms with E-state index in [2.05, 4.69) is 15.3 Å². The van der Waals surface area contributed by atoms with Crippen LogP contribution in [-0.2, 0) is 0 Å². The topological polar surface area (TPSA) is 66.2 Å². The minimum absolute atomic E-state index is 0.0997. The number of aromatic nitrogens is 3. The molecule has 0 spiro atoms. The van der Waals surface area contributed by atoms with Crippen LogP contribution in [0, 0.1) is 11.7 Å². The number of halogens is 2. The smallest absolute Gasteiger partial charge is 0.216 e. The number of rotatable bonds is 3. The van der Waals surface area contributed by atoms with Crippen LogP contribution < -0.4 is 0 Å². The SMILES string of the molecule is Cc1ccccc1-c1n[nH]c(=S)n1/N=C/c1cc(Cl)cc(Cl)c1O. The molecule has 0 saturated heterocycles. The predicted molar refractivity (Wildman–Crippen MR) is 98.7 cm³/mol.